The van der Waals surface area contributed by atoms with Crippen molar-refractivity contribution in [2.75, 3.05) is 32.9 Å². The van der Waals surface area contributed by atoms with Crippen molar-refractivity contribution < 1.29 is 19.2 Å². The highest BCUT2D eigenvalue weighted by Crippen LogP contribution is 2.23. The molecule has 1 aliphatic heterocycles. The maximum Gasteiger partial charge on any atom is 0.349 e. The number of aromatic nitrogens is 2. The maximum atomic E-state index is 12.7. The second kappa shape index (κ2) is 9.44. The van der Waals surface area contributed by atoms with Crippen LogP contribution in [0.15, 0.2) is 57.2 Å². The van der Waals surface area contributed by atoms with Crippen molar-refractivity contribution in [3.8, 4) is 5.75 Å². The van der Waals surface area contributed by atoms with E-state index in [1.807, 2.05) is 0 Å². The van der Waals surface area contributed by atoms with Gasteiger partial charge in [-0.15, -0.1) is 4.68 Å². The van der Waals surface area contributed by atoms with Gasteiger partial charge in [0.15, 0.2) is 6.61 Å². The molecule has 2 aromatic carbocycles. The average Bonchev–Trinajstić information content (AvgIpc) is 2.83. The fourth-order valence-electron chi connectivity index (χ4n) is 3.30. The molecule has 170 valence electrons. The molecule has 1 saturated heterocycles. The number of benzene rings is 2. The Balaban J connectivity index is 1.64. The van der Waals surface area contributed by atoms with Gasteiger partial charge < -0.3 is 19.4 Å². The van der Waals surface area contributed by atoms with E-state index in [1.54, 1.807) is 29.2 Å². The molecule has 0 radical (unpaired) electrons. The van der Waals surface area contributed by atoms with Crippen molar-refractivity contribution in [1.82, 2.24) is 14.6 Å². The lowest BCUT2D eigenvalue weighted by Gasteiger charge is -2.26. The van der Waals surface area contributed by atoms with Gasteiger partial charge in [0.1, 0.15) is 5.75 Å². The van der Waals surface area contributed by atoms with E-state index < -0.39 is 16.2 Å². The minimum absolute atomic E-state index is 0.124. The van der Waals surface area contributed by atoms with Crippen LogP contribution in [0.2, 0.25) is 0 Å². The Kier molecular flexibility index (Phi) is 6.26. The van der Waals surface area contributed by atoms with E-state index in [0.29, 0.717) is 36.5 Å². The number of nitrogens with zero attached hydrogens (tertiary/aromatic N) is 4. The Labute approximate surface area is 185 Å². The summed E-state index contributed by atoms with van der Waals surface area (Å²) in [5, 5.41) is 15.4. The van der Waals surface area contributed by atoms with E-state index in [4.69, 9.17) is 9.47 Å². The normalized spacial score (nSPS) is 14.0. The molecule has 0 spiro atoms. The highest BCUT2D eigenvalue weighted by Gasteiger charge is 2.18. The number of ether oxygens (including phenoxy) is 2. The summed E-state index contributed by atoms with van der Waals surface area (Å²) >= 11 is 0. The van der Waals surface area contributed by atoms with Gasteiger partial charge in [-0.3, -0.25) is 19.7 Å². The van der Waals surface area contributed by atoms with Crippen molar-refractivity contribution in [2.24, 2.45) is 5.10 Å². The van der Waals surface area contributed by atoms with Crippen LogP contribution in [0, 0.1) is 10.1 Å². The number of carbonyl (C=O) groups is 1. The van der Waals surface area contributed by atoms with E-state index in [9.17, 15) is 24.5 Å². The Morgan fingerprint density at radius 2 is 1.97 bits per heavy atom. The van der Waals surface area contributed by atoms with Crippen LogP contribution in [-0.2, 0) is 9.53 Å². The molecule has 0 unspecified atom stereocenters. The molecular formula is C21H19N5O7. The second-order valence-corrected chi connectivity index (χ2v) is 7.10. The number of hydrogen-bond acceptors (Lipinski definition) is 8. The van der Waals surface area contributed by atoms with E-state index in [2.05, 4.69) is 10.1 Å². The molecule has 0 saturated carbocycles. The van der Waals surface area contributed by atoms with Gasteiger partial charge in [0.05, 0.1) is 35.3 Å². The number of carbonyl (C=O) groups excluding carboxylic acids is 1. The van der Waals surface area contributed by atoms with Gasteiger partial charge in [0.25, 0.3) is 17.2 Å². The van der Waals surface area contributed by atoms with Gasteiger partial charge in [0, 0.05) is 30.8 Å². The quantitative estimate of drug-likeness (QED) is 0.328. The summed E-state index contributed by atoms with van der Waals surface area (Å²) in [6.07, 6.45) is 1.10. The second-order valence-electron chi connectivity index (χ2n) is 7.10. The number of hydrogen-bond donors (Lipinski definition) is 1. The minimum atomic E-state index is -0.773. The van der Waals surface area contributed by atoms with E-state index in [-0.39, 0.29) is 34.9 Å². The summed E-state index contributed by atoms with van der Waals surface area (Å²) < 4.78 is 11.4. The van der Waals surface area contributed by atoms with Gasteiger partial charge in [-0.2, -0.15) is 5.10 Å². The van der Waals surface area contributed by atoms with Crippen molar-refractivity contribution in [1.29, 1.82) is 0 Å². The molecule has 33 heavy (non-hydrogen) atoms. The predicted octanol–water partition coefficient (Wildman–Crippen LogP) is 0.718. The Bertz CT molecular complexity index is 1360. The Hall–Kier alpha value is -4.32. The number of para-hydroxylation sites is 1. The number of amides is 1. The van der Waals surface area contributed by atoms with E-state index in [1.165, 1.54) is 18.2 Å². The molecule has 4 rings (SSSR count). The van der Waals surface area contributed by atoms with Gasteiger partial charge in [0.2, 0.25) is 0 Å². The van der Waals surface area contributed by atoms with Crippen LogP contribution in [0.5, 0.6) is 5.75 Å². The Morgan fingerprint density at radius 3 is 2.73 bits per heavy atom. The number of nitro groups is 1. The predicted molar refractivity (Wildman–Crippen MR) is 118 cm³/mol. The number of nitrogens with one attached hydrogen (secondary N) is 1. The SMILES string of the molecule is O=C(COc1ccc([N+](=O)[O-])cc1C=Nn1c(=O)[nH]c2ccccc2c1=O)N1CCOCC1. The lowest BCUT2D eigenvalue weighted by atomic mass is 10.2. The van der Waals surface area contributed by atoms with Crippen LogP contribution >= 0.6 is 0 Å². The lowest BCUT2D eigenvalue weighted by molar-refractivity contribution is -0.384. The molecule has 12 heteroatoms. The summed E-state index contributed by atoms with van der Waals surface area (Å²) in [7, 11) is 0. The number of morpholine rings is 1. The molecule has 0 aliphatic carbocycles. The highest BCUT2D eigenvalue weighted by atomic mass is 16.6. The topological polar surface area (TPSA) is 149 Å². The summed E-state index contributed by atoms with van der Waals surface area (Å²) in [6, 6.07) is 10.2. The molecule has 1 aliphatic rings. The number of H-pyrrole nitrogens is 1. The zero-order valence-electron chi connectivity index (χ0n) is 17.3. The molecular weight excluding hydrogens is 434 g/mol. The van der Waals surface area contributed by atoms with E-state index >= 15 is 0 Å². The number of non-ortho nitro benzene ring substituents is 1. The number of aromatic amines is 1. The molecule has 1 amide bonds. The maximum absolute atomic E-state index is 12.7. The zero-order chi connectivity index (χ0) is 23.4. The van der Waals surface area contributed by atoms with E-state index in [0.717, 1.165) is 6.21 Å². The minimum Gasteiger partial charge on any atom is -0.483 e. The summed E-state index contributed by atoms with van der Waals surface area (Å²) in [5.41, 5.74) is -1.19. The molecule has 1 fully saturated rings. The first-order valence-electron chi connectivity index (χ1n) is 9.99. The van der Waals surface area contributed by atoms with Crippen LogP contribution in [-0.4, -0.2) is 64.5 Å². The molecule has 1 aromatic heterocycles. The van der Waals surface area contributed by atoms with Crippen LogP contribution in [0.25, 0.3) is 10.9 Å². The zero-order valence-corrected chi connectivity index (χ0v) is 17.3. The van der Waals surface area contributed by atoms with Crippen LogP contribution in [0.1, 0.15) is 5.56 Å². The highest BCUT2D eigenvalue weighted by molar-refractivity contribution is 5.85. The van der Waals surface area contributed by atoms with Crippen molar-refractivity contribution >= 4 is 28.7 Å². The molecule has 0 atom stereocenters. The standard InChI is InChI=1S/C21H19N5O7/c27-19(24-7-9-32-10-8-24)13-33-18-6-5-15(26(30)31)11-14(18)12-22-25-20(28)16-3-1-2-4-17(16)23-21(25)29/h1-6,11-12H,7-10,13H2,(H,23,29). The van der Waals surface area contributed by atoms with Crippen LogP contribution in [0.3, 0.4) is 0 Å². The molecule has 0 bridgehead atoms. The summed E-state index contributed by atoms with van der Waals surface area (Å²) in [6.45, 7) is 1.48. The third-order valence-electron chi connectivity index (χ3n) is 5.02. The monoisotopic (exact) mass is 453 g/mol. The number of fused-ring (bicyclic) bond motifs is 1. The first-order valence-corrected chi connectivity index (χ1v) is 9.99. The summed E-state index contributed by atoms with van der Waals surface area (Å²) in [5.74, 6) is -0.127. The molecule has 3 aromatic rings. The fourth-order valence-corrected chi connectivity index (χ4v) is 3.30. The van der Waals surface area contributed by atoms with Crippen LogP contribution in [0.4, 0.5) is 5.69 Å². The largest absolute Gasteiger partial charge is 0.483 e. The van der Waals surface area contributed by atoms with Crippen molar-refractivity contribution in [2.45, 2.75) is 0 Å². The first-order chi connectivity index (χ1) is 15.9. The van der Waals surface area contributed by atoms with Gasteiger partial charge in [-0.1, -0.05) is 12.1 Å². The van der Waals surface area contributed by atoms with Crippen molar-refractivity contribution in [3.63, 3.8) is 0 Å². The van der Waals surface area contributed by atoms with Gasteiger partial charge in [-0.25, -0.2) is 4.79 Å². The number of nitro benzene ring substituents is 1. The van der Waals surface area contributed by atoms with Crippen LogP contribution < -0.4 is 16.0 Å². The Morgan fingerprint density at radius 1 is 1.21 bits per heavy atom. The van der Waals surface area contributed by atoms with Gasteiger partial charge in [-0.05, 0) is 18.2 Å². The molecule has 2 heterocycles. The summed E-state index contributed by atoms with van der Waals surface area (Å²) in [4.78, 5) is 52.1. The average molecular weight is 453 g/mol. The molecule has 12 nitrogen and oxygen atoms in total. The third kappa shape index (κ3) is 4.80. The smallest absolute Gasteiger partial charge is 0.349 e. The number of rotatable bonds is 6. The first kappa shape index (κ1) is 21.9. The van der Waals surface area contributed by atoms with Gasteiger partial charge >= 0.3 is 5.69 Å². The van der Waals surface area contributed by atoms with Crippen molar-refractivity contribution in [3.05, 3.63) is 79.0 Å². The lowest BCUT2D eigenvalue weighted by Crippen LogP contribution is -2.43. The fraction of sp³-hybridized carbons (Fsp3) is 0.238. The molecule has 1 N–H and O–H groups in total. The third-order valence-corrected chi connectivity index (χ3v) is 5.02.